The zero-order chi connectivity index (χ0) is 17.7. The topological polar surface area (TPSA) is 92.7 Å². The minimum atomic E-state index is -0.981. The molecule has 1 aromatic rings. The summed E-state index contributed by atoms with van der Waals surface area (Å²) < 4.78 is 5.02. The summed E-state index contributed by atoms with van der Waals surface area (Å²) in [5, 5.41) is 12.5. The molecular weight excluding hydrogens is 330 g/mol. The average Bonchev–Trinajstić information content (AvgIpc) is 2.98. The zero-order valence-corrected chi connectivity index (χ0v) is 14.5. The number of anilines is 1. The highest BCUT2D eigenvalue weighted by Gasteiger charge is 2.34. The number of allylic oxidation sites excluding steroid dienone is 2. The van der Waals surface area contributed by atoms with Gasteiger partial charge in [0.25, 0.3) is 0 Å². The van der Waals surface area contributed by atoms with Crippen molar-refractivity contribution in [3.8, 4) is 0 Å². The van der Waals surface area contributed by atoms with Gasteiger partial charge in [-0.3, -0.25) is 9.59 Å². The second-order valence-corrected chi connectivity index (χ2v) is 6.65. The predicted octanol–water partition coefficient (Wildman–Crippen LogP) is 3.09. The van der Waals surface area contributed by atoms with E-state index in [9.17, 15) is 19.5 Å². The van der Waals surface area contributed by atoms with Crippen molar-refractivity contribution in [2.45, 2.75) is 33.1 Å². The number of carbonyl (C=O) groups excluding carboxylic acids is 2. The van der Waals surface area contributed by atoms with E-state index in [0.717, 1.165) is 11.3 Å². The molecule has 6 nitrogen and oxygen atoms in total. The van der Waals surface area contributed by atoms with Crippen LogP contribution >= 0.6 is 11.3 Å². The number of ether oxygens (including phenoxy) is 1. The van der Waals surface area contributed by atoms with Crippen molar-refractivity contribution in [3.05, 3.63) is 28.7 Å². The highest BCUT2D eigenvalue weighted by atomic mass is 32.1. The number of aliphatic carboxylic acids is 1. The molecule has 0 radical (unpaired) electrons. The fraction of sp³-hybridized carbons (Fsp3) is 0.471. The fourth-order valence-corrected chi connectivity index (χ4v) is 3.64. The molecule has 2 N–H and O–H groups in total. The van der Waals surface area contributed by atoms with Crippen LogP contribution in [0.25, 0.3) is 0 Å². The minimum Gasteiger partial charge on any atom is -0.481 e. The highest BCUT2D eigenvalue weighted by molar-refractivity contribution is 7.16. The number of carboxylic acids is 1. The van der Waals surface area contributed by atoms with Crippen molar-refractivity contribution in [1.29, 1.82) is 0 Å². The molecular formula is C17H21NO5S. The van der Waals surface area contributed by atoms with Gasteiger partial charge in [-0.15, -0.1) is 11.3 Å². The maximum absolute atomic E-state index is 12.6. The summed E-state index contributed by atoms with van der Waals surface area (Å²) in [5.41, 5.74) is 0.324. The van der Waals surface area contributed by atoms with Gasteiger partial charge in [0.05, 0.1) is 24.0 Å². The number of carbonyl (C=O) groups is 3. The SMILES string of the molecule is CCOC(=O)c1cc(CC)sc1NC(=O)[C@@H]1CC=CC[C@@H]1C(=O)O. The molecule has 0 bridgehead atoms. The molecule has 1 aliphatic rings. The van der Waals surface area contributed by atoms with Gasteiger partial charge in [-0.05, 0) is 32.3 Å². The Kier molecular flexibility index (Phi) is 6.14. The number of hydrogen-bond acceptors (Lipinski definition) is 5. The lowest BCUT2D eigenvalue weighted by molar-refractivity contribution is -0.146. The maximum atomic E-state index is 12.6. The van der Waals surface area contributed by atoms with E-state index in [-0.39, 0.29) is 12.5 Å². The quantitative estimate of drug-likeness (QED) is 0.607. The van der Waals surface area contributed by atoms with E-state index < -0.39 is 23.8 Å². The van der Waals surface area contributed by atoms with Gasteiger partial charge in [0.2, 0.25) is 5.91 Å². The van der Waals surface area contributed by atoms with E-state index >= 15 is 0 Å². The molecule has 0 spiro atoms. The van der Waals surface area contributed by atoms with Crippen molar-refractivity contribution < 1.29 is 24.2 Å². The number of hydrogen-bond donors (Lipinski definition) is 2. The number of esters is 1. The van der Waals surface area contributed by atoms with Gasteiger partial charge in [0.1, 0.15) is 5.00 Å². The van der Waals surface area contributed by atoms with Crippen LogP contribution in [0.3, 0.4) is 0 Å². The first kappa shape index (κ1) is 18.2. The summed E-state index contributed by atoms with van der Waals surface area (Å²) in [7, 11) is 0. The molecule has 1 aromatic heterocycles. The summed E-state index contributed by atoms with van der Waals surface area (Å²) >= 11 is 1.32. The van der Waals surface area contributed by atoms with Crippen LogP contribution in [-0.4, -0.2) is 29.6 Å². The van der Waals surface area contributed by atoms with E-state index in [0.29, 0.717) is 23.4 Å². The summed E-state index contributed by atoms with van der Waals surface area (Å²) in [4.78, 5) is 36.9. The lowest BCUT2D eigenvalue weighted by atomic mass is 9.82. The van der Waals surface area contributed by atoms with Crippen LogP contribution in [0, 0.1) is 11.8 Å². The summed E-state index contributed by atoms with van der Waals surface area (Å²) in [5.74, 6) is -3.23. The maximum Gasteiger partial charge on any atom is 0.341 e. The minimum absolute atomic E-state index is 0.248. The third-order valence-electron chi connectivity index (χ3n) is 3.95. The molecule has 24 heavy (non-hydrogen) atoms. The normalized spacial score (nSPS) is 19.8. The molecule has 2 rings (SSSR count). The number of thiophene rings is 1. The Bertz CT molecular complexity index is 664. The van der Waals surface area contributed by atoms with Gasteiger partial charge in [-0.1, -0.05) is 19.1 Å². The van der Waals surface area contributed by atoms with E-state index in [4.69, 9.17) is 4.74 Å². The Morgan fingerprint density at radius 3 is 2.50 bits per heavy atom. The van der Waals surface area contributed by atoms with E-state index in [2.05, 4.69) is 5.32 Å². The third-order valence-corrected chi connectivity index (χ3v) is 5.14. The van der Waals surface area contributed by atoms with E-state index in [1.54, 1.807) is 19.1 Å². The number of amides is 1. The summed E-state index contributed by atoms with van der Waals surface area (Å²) in [6.45, 7) is 3.92. The molecule has 0 unspecified atom stereocenters. The lowest BCUT2D eigenvalue weighted by Crippen LogP contribution is -2.34. The molecule has 0 saturated heterocycles. The van der Waals surface area contributed by atoms with Gasteiger partial charge in [0.15, 0.2) is 0 Å². The predicted molar refractivity (Wildman–Crippen MR) is 91.3 cm³/mol. The van der Waals surface area contributed by atoms with Crippen molar-refractivity contribution in [2.24, 2.45) is 11.8 Å². The van der Waals surface area contributed by atoms with Gasteiger partial charge in [-0.2, -0.15) is 0 Å². The second-order valence-electron chi connectivity index (χ2n) is 5.51. The smallest absolute Gasteiger partial charge is 0.341 e. The van der Waals surface area contributed by atoms with Crippen molar-refractivity contribution in [1.82, 2.24) is 0 Å². The van der Waals surface area contributed by atoms with Gasteiger partial charge >= 0.3 is 11.9 Å². The Hall–Kier alpha value is -2.15. The first-order chi connectivity index (χ1) is 11.5. The molecule has 1 amide bonds. The highest BCUT2D eigenvalue weighted by Crippen LogP contribution is 2.32. The summed E-state index contributed by atoms with van der Waals surface area (Å²) in [6, 6.07) is 1.72. The first-order valence-corrected chi connectivity index (χ1v) is 8.78. The number of rotatable bonds is 6. The molecule has 2 atom stereocenters. The largest absolute Gasteiger partial charge is 0.481 e. The standard InChI is InChI=1S/C17H21NO5S/c1-3-10-9-13(17(22)23-4-2)15(24-10)18-14(19)11-7-5-6-8-12(11)16(20)21/h5-6,9,11-12H,3-4,7-8H2,1-2H3,(H,18,19)(H,20,21)/t11-,12+/m1/s1. The van der Waals surface area contributed by atoms with E-state index in [1.807, 2.05) is 13.0 Å². The van der Waals surface area contributed by atoms with Crippen LogP contribution in [0.15, 0.2) is 18.2 Å². The van der Waals surface area contributed by atoms with Crippen LogP contribution in [0.2, 0.25) is 0 Å². The van der Waals surface area contributed by atoms with Gasteiger partial charge in [0, 0.05) is 4.88 Å². The number of carboxylic acid groups (broad SMARTS) is 1. The number of aryl methyl sites for hydroxylation is 1. The Morgan fingerprint density at radius 1 is 1.25 bits per heavy atom. The second kappa shape index (κ2) is 8.10. The van der Waals surface area contributed by atoms with Crippen molar-refractivity contribution in [3.63, 3.8) is 0 Å². The number of nitrogens with one attached hydrogen (secondary N) is 1. The molecule has 0 fully saturated rings. The van der Waals surface area contributed by atoms with Crippen molar-refractivity contribution in [2.75, 3.05) is 11.9 Å². The van der Waals surface area contributed by atoms with Gasteiger partial charge in [-0.25, -0.2) is 4.79 Å². The van der Waals surface area contributed by atoms with Crippen molar-refractivity contribution >= 4 is 34.2 Å². The van der Waals surface area contributed by atoms with Crippen LogP contribution in [-0.2, 0) is 20.7 Å². The Balaban J connectivity index is 2.21. The lowest BCUT2D eigenvalue weighted by Gasteiger charge is -2.24. The summed E-state index contributed by atoms with van der Waals surface area (Å²) in [6.07, 6.45) is 5.05. The first-order valence-electron chi connectivity index (χ1n) is 7.96. The van der Waals surface area contributed by atoms with Gasteiger partial charge < -0.3 is 15.2 Å². The van der Waals surface area contributed by atoms with E-state index in [1.165, 1.54) is 11.3 Å². The molecule has 1 heterocycles. The van der Waals surface area contributed by atoms with Crippen LogP contribution < -0.4 is 5.32 Å². The molecule has 7 heteroatoms. The third kappa shape index (κ3) is 4.03. The molecule has 0 aromatic carbocycles. The van der Waals surface area contributed by atoms with Crippen LogP contribution in [0.1, 0.15) is 41.9 Å². The zero-order valence-electron chi connectivity index (χ0n) is 13.7. The molecule has 1 aliphatic carbocycles. The molecule has 0 saturated carbocycles. The Morgan fingerprint density at radius 2 is 1.92 bits per heavy atom. The fourth-order valence-electron chi connectivity index (χ4n) is 2.65. The van der Waals surface area contributed by atoms with Crippen LogP contribution in [0.4, 0.5) is 5.00 Å². The Labute approximate surface area is 144 Å². The average molecular weight is 351 g/mol. The monoisotopic (exact) mass is 351 g/mol. The molecule has 0 aliphatic heterocycles. The van der Waals surface area contributed by atoms with Crippen LogP contribution in [0.5, 0.6) is 0 Å². The molecule has 130 valence electrons.